The molecule has 0 aromatic rings. The van der Waals surface area contributed by atoms with Crippen molar-refractivity contribution in [1.29, 1.82) is 0 Å². The summed E-state index contributed by atoms with van der Waals surface area (Å²) in [7, 11) is -3.78. The lowest BCUT2D eigenvalue weighted by molar-refractivity contribution is -0.122. The minimum Gasteiger partial charge on any atom is -0.274 e. The van der Waals surface area contributed by atoms with E-state index in [9.17, 15) is 13.2 Å². The minimum absolute atomic E-state index is 0.123. The van der Waals surface area contributed by atoms with Crippen molar-refractivity contribution in [2.45, 2.75) is 47.1 Å². The van der Waals surface area contributed by atoms with Gasteiger partial charge in [0.25, 0.3) is 0 Å². The van der Waals surface area contributed by atoms with Crippen LogP contribution in [0.15, 0.2) is 0 Å². The van der Waals surface area contributed by atoms with E-state index in [1.54, 1.807) is 27.7 Å². The molecule has 0 heterocycles. The van der Waals surface area contributed by atoms with Gasteiger partial charge in [-0.05, 0) is 19.8 Å². The Balaban J connectivity index is 4.66. The van der Waals surface area contributed by atoms with Crippen LogP contribution >= 0.6 is 0 Å². The first-order chi connectivity index (χ1) is 6.98. The Labute approximate surface area is 98.2 Å². The van der Waals surface area contributed by atoms with Crippen molar-refractivity contribution >= 4 is 16.1 Å². The fourth-order valence-corrected chi connectivity index (χ4v) is 2.22. The molecular formula is C10H22N2O3S. The largest absolute Gasteiger partial charge is 0.301 e. The second kappa shape index (κ2) is 5.14. The van der Waals surface area contributed by atoms with Gasteiger partial charge in [-0.25, -0.2) is 4.72 Å². The molecule has 0 bridgehead atoms. The summed E-state index contributed by atoms with van der Waals surface area (Å²) in [5.74, 6) is -0.746. The molecule has 1 amide bonds. The van der Waals surface area contributed by atoms with Crippen LogP contribution < -0.4 is 9.44 Å². The molecule has 0 aromatic carbocycles. The van der Waals surface area contributed by atoms with E-state index in [0.29, 0.717) is 0 Å². The first-order valence-corrected chi connectivity index (χ1v) is 6.82. The third-order valence-electron chi connectivity index (χ3n) is 2.60. The Morgan fingerprint density at radius 3 is 1.88 bits per heavy atom. The van der Waals surface area contributed by atoms with Gasteiger partial charge in [0.1, 0.15) is 0 Å². The molecular weight excluding hydrogens is 228 g/mol. The van der Waals surface area contributed by atoms with Crippen LogP contribution in [0, 0.1) is 11.8 Å². The summed E-state index contributed by atoms with van der Waals surface area (Å²) in [6.07, 6.45) is 0. The molecule has 0 aromatic heterocycles. The molecule has 0 aliphatic heterocycles. The Kier molecular flexibility index (Phi) is 4.94. The molecule has 6 heteroatoms. The number of carbonyl (C=O) groups is 1. The molecule has 5 nitrogen and oxygen atoms in total. The Morgan fingerprint density at radius 1 is 1.12 bits per heavy atom. The van der Waals surface area contributed by atoms with Crippen molar-refractivity contribution in [2.75, 3.05) is 0 Å². The SMILES string of the molecule is CC(C)C(=O)NS(=O)(=O)NC(C)(C)C(C)C. The van der Waals surface area contributed by atoms with E-state index in [0.717, 1.165) is 0 Å². The van der Waals surface area contributed by atoms with Crippen molar-refractivity contribution < 1.29 is 13.2 Å². The maximum atomic E-state index is 11.6. The highest BCUT2D eigenvalue weighted by Crippen LogP contribution is 2.15. The number of rotatable bonds is 5. The van der Waals surface area contributed by atoms with Crippen LogP contribution in [0.4, 0.5) is 0 Å². The van der Waals surface area contributed by atoms with Crippen LogP contribution in [-0.4, -0.2) is 19.9 Å². The molecule has 0 unspecified atom stereocenters. The minimum atomic E-state index is -3.78. The highest BCUT2D eigenvalue weighted by atomic mass is 32.2. The summed E-state index contributed by atoms with van der Waals surface area (Å²) >= 11 is 0. The van der Waals surface area contributed by atoms with Crippen molar-refractivity contribution in [1.82, 2.24) is 9.44 Å². The smallest absolute Gasteiger partial charge is 0.274 e. The highest BCUT2D eigenvalue weighted by molar-refractivity contribution is 7.88. The van der Waals surface area contributed by atoms with E-state index >= 15 is 0 Å². The topological polar surface area (TPSA) is 75.3 Å². The van der Waals surface area contributed by atoms with Crippen LogP contribution in [0.5, 0.6) is 0 Å². The van der Waals surface area contributed by atoms with Gasteiger partial charge in [-0.2, -0.15) is 13.1 Å². The molecule has 0 saturated carbocycles. The maximum absolute atomic E-state index is 11.6. The van der Waals surface area contributed by atoms with Gasteiger partial charge in [0.2, 0.25) is 5.91 Å². The van der Waals surface area contributed by atoms with Gasteiger partial charge in [-0.3, -0.25) is 4.79 Å². The van der Waals surface area contributed by atoms with Crippen molar-refractivity contribution in [3.8, 4) is 0 Å². The first kappa shape index (κ1) is 15.4. The van der Waals surface area contributed by atoms with Gasteiger partial charge in [0.15, 0.2) is 0 Å². The van der Waals surface area contributed by atoms with E-state index in [1.807, 2.05) is 18.6 Å². The van der Waals surface area contributed by atoms with Crippen LogP contribution in [0.3, 0.4) is 0 Å². The van der Waals surface area contributed by atoms with Crippen LogP contribution in [0.1, 0.15) is 41.5 Å². The average Bonchev–Trinajstić information content (AvgIpc) is 1.99. The number of hydrogen-bond acceptors (Lipinski definition) is 3. The second-order valence-electron chi connectivity index (χ2n) is 5.10. The fourth-order valence-electron chi connectivity index (χ4n) is 0.740. The lowest BCUT2D eigenvalue weighted by Gasteiger charge is -2.30. The van der Waals surface area contributed by atoms with E-state index in [4.69, 9.17) is 0 Å². The molecule has 96 valence electrons. The number of amides is 1. The average molecular weight is 250 g/mol. The zero-order valence-corrected chi connectivity index (χ0v) is 11.6. The number of carbonyl (C=O) groups excluding carboxylic acids is 1. The Morgan fingerprint density at radius 2 is 1.56 bits per heavy atom. The molecule has 0 radical (unpaired) electrons. The molecule has 0 rings (SSSR count). The summed E-state index contributed by atoms with van der Waals surface area (Å²) in [6, 6.07) is 0. The normalized spacial score (nSPS) is 13.2. The summed E-state index contributed by atoms with van der Waals surface area (Å²) in [4.78, 5) is 11.3. The zero-order chi connectivity index (χ0) is 13.1. The predicted octanol–water partition coefficient (Wildman–Crippen LogP) is 1.03. The van der Waals surface area contributed by atoms with Crippen molar-refractivity contribution in [3.05, 3.63) is 0 Å². The summed E-state index contributed by atoms with van der Waals surface area (Å²) in [5, 5.41) is 0. The first-order valence-electron chi connectivity index (χ1n) is 5.33. The van der Waals surface area contributed by atoms with Gasteiger partial charge in [-0.1, -0.05) is 27.7 Å². The molecule has 0 saturated heterocycles. The number of nitrogens with one attached hydrogen (secondary N) is 2. The van der Waals surface area contributed by atoms with Crippen LogP contribution in [0.25, 0.3) is 0 Å². The number of hydrogen-bond donors (Lipinski definition) is 2. The van der Waals surface area contributed by atoms with E-state index in [2.05, 4.69) is 4.72 Å². The molecule has 0 spiro atoms. The lowest BCUT2D eigenvalue weighted by Crippen LogP contribution is -2.53. The van der Waals surface area contributed by atoms with Crippen molar-refractivity contribution in [2.24, 2.45) is 11.8 Å². The maximum Gasteiger partial charge on any atom is 0.301 e. The molecule has 0 atom stereocenters. The highest BCUT2D eigenvalue weighted by Gasteiger charge is 2.29. The second-order valence-corrected chi connectivity index (χ2v) is 6.52. The van der Waals surface area contributed by atoms with E-state index in [1.165, 1.54) is 0 Å². The van der Waals surface area contributed by atoms with Gasteiger partial charge in [0.05, 0.1) is 0 Å². The van der Waals surface area contributed by atoms with E-state index < -0.39 is 21.7 Å². The molecule has 0 fully saturated rings. The standard InChI is InChI=1S/C10H22N2O3S/c1-7(2)9(13)11-16(14,15)12-10(5,6)8(3)4/h7-8,12H,1-6H3,(H,11,13). The summed E-state index contributed by atoms with van der Waals surface area (Å²) in [6.45, 7) is 10.6. The fraction of sp³-hybridized carbons (Fsp3) is 0.900. The lowest BCUT2D eigenvalue weighted by atomic mass is 9.92. The Hall–Kier alpha value is -0.620. The third-order valence-corrected chi connectivity index (χ3v) is 3.86. The third kappa shape index (κ3) is 4.94. The van der Waals surface area contributed by atoms with Gasteiger partial charge < -0.3 is 0 Å². The monoisotopic (exact) mass is 250 g/mol. The summed E-state index contributed by atoms with van der Waals surface area (Å²) < 4.78 is 27.7. The molecule has 2 N–H and O–H groups in total. The van der Waals surface area contributed by atoms with Gasteiger partial charge in [-0.15, -0.1) is 0 Å². The van der Waals surface area contributed by atoms with Crippen LogP contribution in [-0.2, 0) is 15.0 Å². The quantitative estimate of drug-likeness (QED) is 0.765. The van der Waals surface area contributed by atoms with Gasteiger partial charge >= 0.3 is 10.2 Å². The Bertz CT molecular complexity index is 345. The summed E-state index contributed by atoms with van der Waals surface area (Å²) in [5.41, 5.74) is -0.594. The zero-order valence-electron chi connectivity index (χ0n) is 10.8. The van der Waals surface area contributed by atoms with E-state index in [-0.39, 0.29) is 11.8 Å². The predicted molar refractivity (Wildman–Crippen MR) is 64.0 cm³/mol. The molecule has 0 aliphatic carbocycles. The van der Waals surface area contributed by atoms with Crippen LogP contribution in [0.2, 0.25) is 0 Å². The van der Waals surface area contributed by atoms with Crippen molar-refractivity contribution in [3.63, 3.8) is 0 Å². The van der Waals surface area contributed by atoms with Gasteiger partial charge in [0, 0.05) is 11.5 Å². The molecule has 0 aliphatic rings. The molecule has 16 heavy (non-hydrogen) atoms.